The van der Waals surface area contributed by atoms with Crippen molar-refractivity contribution in [3.63, 3.8) is 0 Å². The average molecular weight is 494 g/mol. The van der Waals surface area contributed by atoms with E-state index in [1.807, 2.05) is 43.3 Å². The molecule has 0 amide bonds. The second-order valence-electron chi connectivity index (χ2n) is 4.38. The Morgan fingerprint density at radius 1 is 0.900 bits per heavy atom. The Kier molecular flexibility index (Phi) is 6.84. The Morgan fingerprint density at radius 3 is 1.85 bits per heavy atom. The van der Waals surface area contributed by atoms with Crippen molar-refractivity contribution in [1.82, 2.24) is 0 Å². The first-order valence-electron chi connectivity index (χ1n) is 6.10. The van der Waals surface area contributed by atoms with Crippen LogP contribution in [0, 0.1) is 38.0 Å². The fourth-order valence-corrected chi connectivity index (χ4v) is 1.53. The second-order valence-corrected chi connectivity index (χ2v) is 4.38. The van der Waals surface area contributed by atoms with Gasteiger partial charge in [-0.25, -0.2) is 0 Å². The summed E-state index contributed by atoms with van der Waals surface area (Å²) in [6.07, 6.45) is 0. The van der Waals surface area contributed by atoms with E-state index in [0.717, 1.165) is 11.5 Å². The largest absolute Gasteiger partial charge is 0.486 e. The molecule has 0 N–H and O–H groups in total. The number of hydrogen-bond donors (Lipinski definition) is 0. The molecule has 2 aromatic rings. The summed E-state index contributed by atoms with van der Waals surface area (Å²) in [6.45, 7) is 3.62. The summed E-state index contributed by atoms with van der Waals surface area (Å²) in [5.74, 6) is 2.19. The van der Waals surface area contributed by atoms with Crippen molar-refractivity contribution in [2.45, 2.75) is 13.8 Å². The minimum Gasteiger partial charge on any atom is -0.486 e. The van der Waals surface area contributed by atoms with Gasteiger partial charge in [0.05, 0.1) is 0 Å². The predicted molar refractivity (Wildman–Crippen MR) is 73.9 cm³/mol. The molecule has 2 aromatic carbocycles. The van der Waals surface area contributed by atoms with Gasteiger partial charge in [-0.15, -0.1) is 0 Å². The van der Waals surface area contributed by atoms with Crippen LogP contribution in [-0.4, -0.2) is 12.4 Å². The number of rotatable bonds is 5. The van der Waals surface area contributed by atoms with Crippen molar-refractivity contribution in [1.29, 1.82) is 0 Å². The van der Waals surface area contributed by atoms with E-state index in [4.69, 9.17) is 9.47 Å². The van der Waals surface area contributed by atoms with Gasteiger partial charge in [0.25, 0.3) is 0 Å². The molecule has 0 aliphatic heterocycles. The van der Waals surface area contributed by atoms with Crippen LogP contribution in [0.1, 0.15) is 12.5 Å². The number of hydrogen-bond acceptors (Lipinski definition) is 3. The standard InChI is InChI=1S/C16H16O3.U/c1-12-3-5-15(6-4-12)19-16-9-7-14(8-10-16)18-11-13(2)17;/h3-10H,11H2,1-2H3;. The van der Waals surface area contributed by atoms with Crippen LogP contribution < -0.4 is 9.47 Å². The van der Waals surface area contributed by atoms with Crippen LogP contribution >= 0.6 is 0 Å². The van der Waals surface area contributed by atoms with Gasteiger partial charge in [0.2, 0.25) is 0 Å². The maximum Gasteiger partial charge on any atom is 0.167 e. The summed E-state index contributed by atoms with van der Waals surface area (Å²) in [5.41, 5.74) is 1.19. The van der Waals surface area contributed by atoms with E-state index in [0.29, 0.717) is 5.75 Å². The molecule has 0 saturated heterocycles. The molecule has 4 heteroatoms. The first-order valence-corrected chi connectivity index (χ1v) is 6.10. The Hall–Kier alpha value is -1.24. The van der Waals surface area contributed by atoms with Crippen LogP contribution in [0.5, 0.6) is 17.2 Å². The van der Waals surface area contributed by atoms with E-state index in [1.54, 1.807) is 12.1 Å². The van der Waals surface area contributed by atoms with Gasteiger partial charge in [0.15, 0.2) is 5.78 Å². The number of ether oxygens (including phenoxy) is 2. The third-order valence-corrected chi connectivity index (χ3v) is 2.52. The van der Waals surface area contributed by atoms with Crippen molar-refractivity contribution < 1.29 is 45.4 Å². The second kappa shape index (κ2) is 8.14. The zero-order chi connectivity index (χ0) is 13.7. The number of ketones is 1. The minimum absolute atomic E-state index is 0. The van der Waals surface area contributed by atoms with Crippen LogP contribution in [0.25, 0.3) is 0 Å². The first-order chi connectivity index (χ1) is 9.13. The fraction of sp³-hybridized carbons (Fsp3) is 0.188. The van der Waals surface area contributed by atoms with Gasteiger partial charge < -0.3 is 9.47 Å². The molecule has 0 heterocycles. The smallest absolute Gasteiger partial charge is 0.167 e. The maximum absolute atomic E-state index is 10.8. The summed E-state index contributed by atoms with van der Waals surface area (Å²) in [6, 6.07) is 15.0. The zero-order valence-corrected chi connectivity index (χ0v) is 15.7. The van der Waals surface area contributed by atoms with Gasteiger partial charge in [-0.05, 0) is 50.2 Å². The van der Waals surface area contributed by atoms with E-state index in [-0.39, 0.29) is 43.5 Å². The molecule has 0 bridgehead atoms. The fourth-order valence-electron chi connectivity index (χ4n) is 1.53. The van der Waals surface area contributed by atoms with Crippen molar-refractivity contribution >= 4 is 5.78 Å². The molecule has 0 aliphatic rings. The van der Waals surface area contributed by atoms with Gasteiger partial charge in [-0.3, -0.25) is 4.79 Å². The Bertz CT molecular complexity index is 547. The molecule has 0 spiro atoms. The molecular weight excluding hydrogens is 478 g/mol. The van der Waals surface area contributed by atoms with Crippen LogP contribution in [0.2, 0.25) is 0 Å². The summed E-state index contributed by atoms with van der Waals surface area (Å²) in [5, 5.41) is 0. The van der Waals surface area contributed by atoms with Gasteiger partial charge in [-0.1, -0.05) is 17.7 Å². The monoisotopic (exact) mass is 494 g/mol. The van der Waals surface area contributed by atoms with Crippen LogP contribution in [0.3, 0.4) is 0 Å². The van der Waals surface area contributed by atoms with Crippen molar-refractivity contribution in [2.24, 2.45) is 0 Å². The quantitative estimate of drug-likeness (QED) is 0.636. The molecule has 2 rings (SSSR count). The number of carbonyl (C=O) groups excluding carboxylic acids is 1. The van der Waals surface area contributed by atoms with Crippen LogP contribution in [0.15, 0.2) is 48.5 Å². The molecule has 0 saturated carbocycles. The molecule has 0 aromatic heterocycles. The molecule has 3 nitrogen and oxygen atoms in total. The molecule has 0 atom stereocenters. The predicted octanol–water partition coefficient (Wildman–Crippen LogP) is 3.76. The summed E-state index contributed by atoms with van der Waals surface area (Å²) in [4.78, 5) is 10.8. The first kappa shape index (κ1) is 16.8. The third-order valence-electron chi connectivity index (χ3n) is 2.52. The van der Waals surface area contributed by atoms with E-state index in [9.17, 15) is 4.79 Å². The van der Waals surface area contributed by atoms with E-state index >= 15 is 0 Å². The minimum atomic E-state index is -0.0000168. The molecule has 0 radical (unpaired) electrons. The summed E-state index contributed by atoms with van der Waals surface area (Å²) in [7, 11) is 0. The molecule has 102 valence electrons. The Balaban J connectivity index is 0.00000200. The number of carbonyl (C=O) groups is 1. The number of benzene rings is 2. The van der Waals surface area contributed by atoms with E-state index in [2.05, 4.69) is 0 Å². The zero-order valence-electron chi connectivity index (χ0n) is 11.6. The van der Waals surface area contributed by atoms with Gasteiger partial charge in [-0.2, -0.15) is 0 Å². The summed E-state index contributed by atoms with van der Waals surface area (Å²) >= 11 is 0. The molecule has 0 aliphatic carbocycles. The van der Waals surface area contributed by atoms with Crippen molar-refractivity contribution in [2.75, 3.05) is 6.61 Å². The number of Topliss-reactive ketones (excluding diaryl/α,β-unsaturated/α-hetero) is 1. The topological polar surface area (TPSA) is 35.5 Å². The maximum atomic E-state index is 10.8. The normalized spacial score (nSPS) is 9.50. The Labute approximate surface area is 142 Å². The third kappa shape index (κ3) is 5.40. The molecule has 0 unspecified atom stereocenters. The van der Waals surface area contributed by atoms with E-state index < -0.39 is 0 Å². The molecular formula is C16H16O3U. The summed E-state index contributed by atoms with van der Waals surface area (Å²) < 4.78 is 11.0. The molecule has 20 heavy (non-hydrogen) atoms. The van der Waals surface area contributed by atoms with E-state index in [1.165, 1.54) is 12.5 Å². The molecule has 0 fully saturated rings. The SMILES string of the molecule is CC(=O)COc1ccc(Oc2ccc(C)cc2)cc1.[U]. The van der Waals surface area contributed by atoms with Crippen molar-refractivity contribution in [3.8, 4) is 17.2 Å². The average Bonchev–Trinajstić information content (AvgIpc) is 2.40. The van der Waals surface area contributed by atoms with Crippen LogP contribution in [-0.2, 0) is 4.79 Å². The van der Waals surface area contributed by atoms with Gasteiger partial charge in [0, 0.05) is 31.1 Å². The van der Waals surface area contributed by atoms with Crippen molar-refractivity contribution in [3.05, 3.63) is 54.1 Å². The van der Waals surface area contributed by atoms with Gasteiger partial charge >= 0.3 is 0 Å². The van der Waals surface area contributed by atoms with Crippen LogP contribution in [0.4, 0.5) is 0 Å². The Morgan fingerprint density at radius 2 is 1.35 bits per heavy atom. The van der Waals surface area contributed by atoms with Gasteiger partial charge in [0.1, 0.15) is 23.9 Å². The number of aryl methyl sites for hydroxylation is 1.